The number of furan rings is 1. The van der Waals surface area contributed by atoms with Gasteiger partial charge in [0.15, 0.2) is 16.3 Å². The third-order valence-electron chi connectivity index (χ3n) is 2.54. The van der Waals surface area contributed by atoms with E-state index in [1.807, 2.05) is 0 Å². The van der Waals surface area contributed by atoms with Gasteiger partial charge in [0.25, 0.3) is 0 Å². The lowest BCUT2D eigenvalue weighted by Crippen LogP contribution is -2.05. The summed E-state index contributed by atoms with van der Waals surface area (Å²) in [6.45, 7) is 1.46. The molecule has 1 unspecified atom stereocenters. The van der Waals surface area contributed by atoms with Crippen molar-refractivity contribution in [2.75, 3.05) is 0 Å². The number of hydrogen-bond donors (Lipinski definition) is 1. The summed E-state index contributed by atoms with van der Waals surface area (Å²) in [5.74, 6) is -1.98. The number of hydrogen-bond acceptors (Lipinski definition) is 2. The first-order valence-electron chi connectivity index (χ1n) is 4.88. The summed E-state index contributed by atoms with van der Waals surface area (Å²) in [6, 6.07) is 4.27. The summed E-state index contributed by atoms with van der Waals surface area (Å²) in [7, 11) is 0. The third kappa shape index (κ3) is 2.12. The van der Waals surface area contributed by atoms with E-state index in [1.54, 1.807) is 0 Å². The maximum absolute atomic E-state index is 13.7. The number of rotatable bonds is 2. The zero-order valence-electron chi connectivity index (χ0n) is 8.88. The number of aliphatic hydroxyl groups excluding tert-OH is 1. The van der Waals surface area contributed by atoms with Crippen LogP contribution in [0.3, 0.4) is 0 Å². The Labute approximate surface area is 105 Å². The summed E-state index contributed by atoms with van der Waals surface area (Å²) < 4.78 is 32.3. The summed E-state index contributed by atoms with van der Waals surface area (Å²) in [4.78, 5) is 0. The first-order valence-corrected chi connectivity index (χ1v) is 5.67. The zero-order valence-corrected chi connectivity index (χ0v) is 10.5. The van der Waals surface area contributed by atoms with Crippen molar-refractivity contribution in [1.82, 2.24) is 0 Å². The zero-order chi connectivity index (χ0) is 12.6. The standard InChI is InChI=1S/C12H9BrF2O2/c1-6-2-3-7(10(15)9(6)14)11(16)8-4-5-17-12(8)13/h2-5,11,16H,1H3. The fourth-order valence-corrected chi connectivity index (χ4v) is 2.00. The van der Waals surface area contributed by atoms with Crippen LogP contribution in [-0.4, -0.2) is 5.11 Å². The molecule has 0 aliphatic rings. The fraction of sp³-hybridized carbons (Fsp3) is 0.167. The molecule has 2 nitrogen and oxygen atoms in total. The molecule has 5 heteroatoms. The van der Waals surface area contributed by atoms with Gasteiger partial charge in [0.05, 0.1) is 6.26 Å². The molecule has 90 valence electrons. The van der Waals surface area contributed by atoms with Gasteiger partial charge < -0.3 is 9.52 Å². The molecular weight excluding hydrogens is 294 g/mol. The van der Waals surface area contributed by atoms with Crippen molar-refractivity contribution in [1.29, 1.82) is 0 Å². The highest BCUT2D eigenvalue weighted by molar-refractivity contribution is 9.10. The largest absolute Gasteiger partial charge is 0.457 e. The molecule has 1 heterocycles. The van der Waals surface area contributed by atoms with Crippen LogP contribution in [0.15, 0.2) is 33.5 Å². The molecule has 0 bridgehead atoms. The molecule has 0 saturated carbocycles. The molecule has 1 aromatic carbocycles. The number of aliphatic hydroxyl groups is 1. The van der Waals surface area contributed by atoms with Crippen molar-refractivity contribution in [3.05, 3.63) is 57.5 Å². The minimum absolute atomic E-state index is 0.116. The fourth-order valence-electron chi connectivity index (χ4n) is 1.54. The molecule has 1 aromatic heterocycles. The van der Waals surface area contributed by atoms with Gasteiger partial charge in [0, 0.05) is 11.1 Å². The van der Waals surface area contributed by atoms with E-state index < -0.39 is 17.7 Å². The lowest BCUT2D eigenvalue weighted by molar-refractivity contribution is 0.211. The lowest BCUT2D eigenvalue weighted by Gasteiger charge is -2.12. The van der Waals surface area contributed by atoms with Crippen molar-refractivity contribution >= 4 is 15.9 Å². The van der Waals surface area contributed by atoms with Crippen LogP contribution in [0.4, 0.5) is 8.78 Å². The normalized spacial score (nSPS) is 12.8. The maximum atomic E-state index is 13.7. The molecule has 0 spiro atoms. The predicted octanol–water partition coefficient (Wildman–Crippen LogP) is 3.71. The summed E-state index contributed by atoms with van der Waals surface area (Å²) in [5.41, 5.74) is 0.437. The van der Waals surface area contributed by atoms with E-state index in [-0.39, 0.29) is 11.1 Å². The monoisotopic (exact) mass is 302 g/mol. The highest BCUT2D eigenvalue weighted by Crippen LogP contribution is 2.31. The molecule has 1 atom stereocenters. The highest BCUT2D eigenvalue weighted by atomic mass is 79.9. The van der Waals surface area contributed by atoms with Gasteiger partial charge in [-0.15, -0.1) is 0 Å². The average molecular weight is 303 g/mol. The Morgan fingerprint density at radius 1 is 1.18 bits per heavy atom. The van der Waals surface area contributed by atoms with E-state index in [4.69, 9.17) is 4.42 Å². The van der Waals surface area contributed by atoms with Crippen LogP contribution in [0.2, 0.25) is 0 Å². The quantitative estimate of drug-likeness (QED) is 0.917. The second-order valence-corrected chi connectivity index (χ2v) is 4.37. The van der Waals surface area contributed by atoms with Gasteiger partial charge in [-0.05, 0) is 34.5 Å². The molecule has 2 rings (SSSR count). The van der Waals surface area contributed by atoms with Gasteiger partial charge >= 0.3 is 0 Å². The van der Waals surface area contributed by atoms with Gasteiger partial charge in [-0.1, -0.05) is 12.1 Å². The summed E-state index contributed by atoms with van der Waals surface area (Å²) in [5, 5.41) is 9.96. The lowest BCUT2D eigenvalue weighted by atomic mass is 10.0. The second kappa shape index (κ2) is 4.58. The van der Waals surface area contributed by atoms with Crippen molar-refractivity contribution in [3.63, 3.8) is 0 Å². The molecule has 0 aliphatic carbocycles. The van der Waals surface area contributed by atoms with Crippen molar-refractivity contribution < 1.29 is 18.3 Å². The van der Waals surface area contributed by atoms with Gasteiger partial charge in [0.2, 0.25) is 0 Å². The number of aryl methyl sites for hydroxylation is 1. The van der Waals surface area contributed by atoms with Crippen LogP contribution < -0.4 is 0 Å². The molecule has 2 aromatic rings. The van der Waals surface area contributed by atoms with Crippen LogP contribution in [0.25, 0.3) is 0 Å². The number of benzene rings is 1. The molecule has 17 heavy (non-hydrogen) atoms. The van der Waals surface area contributed by atoms with Gasteiger partial charge in [-0.3, -0.25) is 0 Å². The van der Waals surface area contributed by atoms with E-state index in [1.165, 1.54) is 31.4 Å². The van der Waals surface area contributed by atoms with Crippen molar-refractivity contribution in [3.8, 4) is 0 Å². The Morgan fingerprint density at radius 3 is 2.47 bits per heavy atom. The Morgan fingerprint density at radius 2 is 1.88 bits per heavy atom. The van der Waals surface area contributed by atoms with Crippen LogP contribution in [0.1, 0.15) is 22.8 Å². The Hall–Kier alpha value is -1.20. The Balaban J connectivity index is 2.48. The van der Waals surface area contributed by atoms with Crippen molar-refractivity contribution in [2.24, 2.45) is 0 Å². The maximum Gasteiger partial charge on any atom is 0.175 e. The molecule has 0 amide bonds. The third-order valence-corrected chi connectivity index (χ3v) is 3.19. The van der Waals surface area contributed by atoms with E-state index >= 15 is 0 Å². The molecule has 0 radical (unpaired) electrons. The topological polar surface area (TPSA) is 33.4 Å². The molecule has 0 fully saturated rings. The highest BCUT2D eigenvalue weighted by Gasteiger charge is 2.22. The first kappa shape index (κ1) is 12.3. The summed E-state index contributed by atoms with van der Waals surface area (Å²) >= 11 is 3.08. The van der Waals surface area contributed by atoms with Crippen LogP contribution >= 0.6 is 15.9 Å². The van der Waals surface area contributed by atoms with Crippen LogP contribution in [-0.2, 0) is 0 Å². The minimum atomic E-state index is -1.27. The first-order chi connectivity index (χ1) is 8.02. The predicted molar refractivity (Wildman–Crippen MR) is 61.6 cm³/mol. The van der Waals surface area contributed by atoms with Crippen molar-refractivity contribution in [2.45, 2.75) is 13.0 Å². The van der Waals surface area contributed by atoms with E-state index in [2.05, 4.69) is 15.9 Å². The van der Waals surface area contributed by atoms with Gasteiger partial charge in [0.1, 0.15) is 6.10 Å². The smallest absolute Gasteiger partial charge is 0.175 e. The van der Waals surface area contributed by atoms with Crippen LogP contribution in [0.5, 0.6) is 0 Å². The Bertz CT molecular complexity index is 551. The minimum Gasteiger partial charge on any atom is -0.457 e. The van der Waals surface area contributed by atoms with Gasteiger partial charge in [-0.2, -0.15) is 0 Å². The molecule has 1 N–H and O–H groups in total. The van der Waals surface area contributed by atoms with E-state index in [9.17, 15) is 13.9 Å². The average Bonchev–Trinajstić information content (AvgIpc) is 2.72. The SMILES string of the molecule is Cc1ccc(C(O)c2ccoc2Br)c(F)c1F. The van der Waals surface area contributed by atoms with E-state index in [0.29, 0.717) is 10.2 Å². The summed E-state index contributed by atoms with van der Waals surface area (Å²) in [6.07, 6.45) is 0.0867. The van der Waals surface area contributed by atoms with E-state index in [0.717, 1.165) is 0 Å². The van der Waals surface area contributed by atoms with Crippen LogP contribution in [0, 0.1) is 18.6 Å². The number of halogens is 3. The molecule has 0 aliphatic heterocycles. The molecule has 0 saturated heterocycles. The Kier molecular flexibility index (Phi) is 3.31. The molecular formula is C12H9BrF2O2. The second-order valence-electron chi connectivity index (χ2n) is 3.65. The van der Waals surface area contributed by atoms with Gasteiger partial charge in [-0.25, -0.2) is 8.78 Å².